The van der Waals surface area contributed by atoms with Gasteiger partial charge in [-0.2, -0.15) is 0 Å². The highest BCUT2D eigenvalue weighted by atomic mass is 32.2. The van der Waals surface area contributed by atoms with E-state index in [1.165, 1.54) is 35.3 Å². The maximum atomic E-state index is 12.8. The van der Waals surface area contributed by atoms with E-state index in [9.17, 15) is 22.8 Å². The number of alkyl halides is 3. The summed E-state index contributed by atoms with van der Waals surface area (Å²) in [6.45, 7) is 5.35. The quantitative estimate of drug-likeness (QED) is 0.0968. The predicted molar refractivity (Wildman–Crippen MR) is 157 cm³/mol. The number of carbonyl (C=O) groups excluding carboxylic acids is 2. The van der Waals surface area contributed by atoms with Crippen LogP contribution in [0.2, 0.25) is 0 Å². The normalized spacial score (nSPS) is 11.7. The summed E-state index contributed by atoms with van der Waals surface area (Å²) < 4.78 is 47.7. The second-order valence-corrected chi connectivity index (χ2v) is 10.2. The number of urea groups is 1. The van der Waals surface area contributed by atoms with E-state index in [0.29, 0.717) is 28.5 Å². The highest BCUT2D eigenvalue weighted by molar-refractivity contribution is 8.13. The van der Waals surface area contributed by atoms with E-state index in [4.69, 9.17) is 4.74 Å². The summed E-state index contributed by atoms with van der Waals surface area (Å²) in [5.74, 6) is -0.645. The molecule has 0 saturated heterocycles. The number of esters is 1. The maximum absolute atomic E-state index is 12.8. The van der Waals surface area contributed by atoms with Crippen LogP contribution in [0.25, 0.3) is 17.1 Å². The molecule has 0 aliphatic carbocycles. The van der Waals surface area contributed by atoms with Crippen molar-refractivity contribution in [3.63, 3.8) is 0 Å². The van der Waals surface area contributed by atoms with Gasteiger partial charge in [-0.15, -0.1) is 18.3 Å². The molecule has 0 atom stereocenters. The highest BCUT2D eigenvalue weighted by Gasteiger charge is 2.31. The SMILES string of the molecule is Cc1ccccc1N=C(NC(=O)Nc1ccc(-c2ncn(-c3ccc(OC(F)(F)F)cc3)n2)cc1)SCOC(=O)C(C)C. The van der Waals surface area contributed by atoms with Crippen LogP contribution in [0, 0.1) is 12.8 Å². The molecule has 4 rings (SSSR count). The van der Waals surface area contributed by atoms with E-state index >= 15 is 0 Å². The van der Waals surface area contributed by atoms with Crippen molar-refractivity contribution in [3.05, 3.63) is 84.7 Å². The summed E-state index contributed by atoms with van der Waals surface area (Å²) >= 11 is 1.07. The van der Waals surface area contributed by atoms with Crippen molar-refractivity contribution < 1.29 is 32.2 Å². The van der Waals surface area contributed by atoms with Crippen molar-refractivity contribution >= 4 is 40.3 Å². The van der Waals surface area contributed by atoms with Gasteiger partial charge in [0.2, 0.25) is 0 Å². The second kappa shape index (κ2) is 13.9. The molecule has 0 radical (unpaired) electrons. The smallest absolute Gasteiger partial charge is 0.454 e. The molecule has 0 aliphatic rings. The number of rotatable bonds is 8. The first kappa shape index (κ1) is 31.1. The van der Waals surface area contributed by atoms with Gasteiger partial charge in [0.15, 0.2) is 11.0 Å². The Kier molecular flexibility index (Phi) is 10.0. The molecule has 0 saturated carbocycles. The fraction of sp³-hybridized carbons (Fsp3) is 0.207. The van der Waals surface area contributed by atoms with Gasteiger partial charge in [0.1, 0.15) is 18.0 Å². The fourth-order valence-electron chi connectivity index (χ4n) is 3.49. The summed E-state index contributed by atoms with van der Waals surface area (Å²) in [5, 5.41) is 10.0. The fourth-order valence-corrected chi connectivity index (χ4v) is 4.10. The van der Waals surface area contributed by atoms with Gasteiger partial charge < -0.3 is 14.8 Å². The number of anilines is 1. The van der Waals surface area contributed by atoms with Gasteiger partial charge in [-0.25, -0.2) is 19.5 Å². The van der Waals surface area contributed by atoms with Gasteiger partial charge >= 0.3 is 18.4 Å². The molecule has 0 fully saturated rings. The second-order valence-electron chi connectivity index (χ2n) is 9.29. The number of nitrogens with zero attached hydrogens (tertiary/aromatic N) is 4. The first-order valence-electron chi connectivity index (χ1n) is 12.9. The number of aliphatic imine (C=N–C) groups is 1. The summed E-state index contributed by atoms with van der Waals surface area (Å²) in [6.07, 6.45) is -3.34. The number of benzene rings is 3. The van der Waals surface area contributed by atoms with Gasteiger partial charge in [-0.1, -0.05) is 32.0 Å². The lowest BCUT2D eigenvalue weighted by atomic mass is 10.2. The van der Waals surface area contributed by atoms with E-state index in [1.54, 1.807) is 44.2 Å². The van der Waals surface area contributed by atoms with Crippen LogP contribution in [0.5, 0.6) is 5.75 Å². The Bertz CT molecular complexity index is 1590. The minimum atomic E-state index is -4.77. The van der Waals surface area contributed by atoms with Crippen molar-refractivity contribution in [1.82, 2.24) is 20.1 Å². The Morgan fingerprint density at radius 1 is 1.02 bits per heavy atom. The lowest BCUT2D eigenvalue weighted by Crippen LogP contribution is -2.33. The molecule has 1 aromatic heterocycles. The molecule has 0 unspecified atom stereocenters. The standard InChI is InChI=1S/C29H27F3N6O4S/c1-18(2)26(39)41-17-43-28(35-24-7-5-4-6-19(24)3)36-27(40)34-21-10-8-20(9-11-21)25-33-16-38(37-25)22-12-14-23(15-13-22)42-29(30,31)32/h4-16,18H,17H2,1-3H3,(H2,34,35,36,40). The van der Waals surface area contributed by atoms with E-state index < -0.39 is 12.4 Å². The van der Waals surface area contributed by atoms with Gasteiger partial charge in [0.05, 0.1) is 17.3 Å². The van der Waals surface area contributed by atoms with Crippen LogP contribution < -0.4 is 15.4 Å². The molecule has 0 spiro atoms. The lowest BCUT2D eigenvalue weighted by molar-refractivity contribution is -0.274. The Labute approximate surface area is 249 Å². The first-order valence-corrected chi connectivity index (χ1v) is 13.9. The average Bonchev–Trinajstić information content (AvgIpc) is 3.44. The van der Waals surface area contributed by atoms with Crippen molar-refractivity contribution in [2.24, 2.45) is 10.9 Å². The zero-order valence-electron chi connectivity index (χ0n) is 23.3. The van der Waals surface area contributed by atoms with Crippen LogP contribution in [-0.4, -0.2) is 44.2 Å². The third kappa shape index (κ3) is 9.33. The number of thioether (sulfide) groups is 1. The molecular weight excluding hydrogens is 585 g/mol. The summed E-state index contributed by atoms with van der Waals surface area (Å²) in [4.78, 5) is 33.4. The number of aryl methyl sites for hydroxylation is 1. The Balaban J connectivity index is 1.39. The number of hydrogen-bond donors (Lipinski definition) is 2. The van der Waals surface area contributed by atoms with Crippen molar-refractivity contribution in [2.75, 3.05) is 11.3 Å². The minimum Gasteiger partial charge on any atom is -0.454 e. The third-order valence-electron chi connectivity index (χ3n) is 5.65. The minimum absolute atomic E-state index is 0.0260. The summed E-state index contributed by atoms with van der Waals surface area (Å²) in [5.41, 5.74) is 3.17. The van der Waals surface area contributed by atoms with Crippen molar-refractivity contribution in [3.8, 4) is 22.8 Å². The van der Waals surface area contributed by atoms with E-state index in [-0.39, 0.29) is 28.7 Å². The molecular formula is C29H27F3N6O4S. The molecule has 0 aliphatic heterocycles. The largest absolute Gasteiger partial charge is 0.573 e. The number of para-hydroxylation sites is 1. The van der Waals surface area contributed by atoms with Gasteiger partial charge in [-0.05, 0) is 78.8 Å². The maximum Gasteiger partial charge on any atom is 0.573 e. The molecule has 2 amide bonds. The van der Waals surface area contributed by atoms with Crippen LogP contribution in [0.3, 0.4) is 0 Å². The van der Waals surface area contributed by atoms with Crippen LogP contribution in [0.1, 0.15) is 19.4 Å². The van der Waals surface area contributed by atoms with Gasteiger partial charge in [0.25, 0.3) is 0 Å². The average molecular weight is 613 g/mol. The van der Waals surface area contributed by atoms with Crippen LogP contribution in [0.4, 0.5) is 29.3 Å². The van der Waals surface area contributed by atoms with Crippen molar-refractivity contribution in [1.29, 1.82) is 0 Å². The van der Waals surface area contributed by atoms with E-state index in [2.05, 4.69) is 30.4 Å². The van der Waals surface area contributed by atoms with Gasteiger partial charge in [-0.3, -0.25) is 10.1 Å². The Hall–Kier alpha value is -4.85. The van der Waals surface area contributed by atoms with Crippen LogP contribution in [0.15, 0.2) is 84.1 Å². The number of hydrogen-bond acceptors (Lipinski definition) is 8. The predicted octanol–water partition coefficient (Wildman–Crippen LogP) is 6.84. The van der Waals surface area contributed by atoms with Crippen LogP contribution >= 0.6 is 11.8 Å². The lowest BCUT2D eigenvalue weighted by Gasteiger charge is -2.12. The summed E-state index contributed by atoms with van der Waals surface area (Å²) in [6, 6.07) is 18.8. The molecule has 4 aromatic rings. The number of halogens is 3. The van der Waals surface area contributed by atoms with E-state index in [1.807, 2.05) is 25.1 Å². The molecule has 10 nitrogen and oxygen atoms in total. The molecule has 224 valence electrons. The molecule has 14 heteroatoms. The highest BCUT2D eigenvalue weighted by Crippen LogP contribution is 2.25. The first-order chi connectivity index (χ1) is 20.5. The topological polar surface area (TPSA) is 120 Å². The van der Waals surface area contributed by atoms with Crippen molar-refractivity contribution in [2.45, 2.75) is 27.1 Å². The van der Waals surface area contributed by atoms with E-state index in [0.717, 1.165) is 17.3 Å². The zero-order chi connectivity index (χ0) is 31.0. The van der Waals surface area contributed by atoms with Crippen LogP contribution in [-0.2, 0) is 9.53 Å². The summed E-state index contributed by atoms with van der Waals surface area (Å²) in [7, 11) is 0. The number of amidine groups is 1. The monoisotopic (exact) mass is 612 g/mol. The Morgan fingerprint density at radius 2 is 1.72 bits per heavy atom. The zero-order valence-corrected chi connectivity index (χ0v) is 24.1. The number of ether oxygens (including phenoxy) is 2. The Morgan fingerprint density at radius 3 is 2.37 bits per heavy atom. The van der Waals surface area contributed by atoms with Gasteiger partial charge in [0, 0.05) is 11.3 Å². The molecule has 2 N–H and O–H groups in total. The molecule has 3 aromatic carbocycles. The number of nitrogens with one attached hydrogen (secondary N) is 2. The number of aromatic nitrogens is 3. The number of amides is 2. The third-order valence-corrected chi connectivity index (χ3v) is 6.36. The number of carbonyl (C=O) groups is 2. The molecule has 43 heavy (non-hydrogen) atoms. The molecule has 0 bridgehead atoms. The molecule has 1 heterocycles.